The van der Waals surface area contributed by atoms with Gasteiger partial charge in [-0.05, 0) is 35.9 Å². The Morgan fingerprint density at radius 3 is 2.17 bits per heavy atom. The third-order valence-electron chi connectivity index (χ3n) is 4.35. The minimum atomic E-state index is -4.41. The maximum atomic E-state index is 12.6. The summed E-state index contributed by atoms with van der Waals surface area (Å²) in [6.07, 6.45) is -1.71. The second kappa shape index (κ2) is 8.47. The molecule has 1 aliphatic heterocycles. The van der Waals surface area contributed by atoms with E-state index in [4.69, 9.17) is 11.6 Å². The smallest absolute Gasteiger partial charge is 0.337 e. The summed E-state index contributed by atoms with van der Waals surface area (Å²) in [6.45, 7) is 0.735. The lowest BCUT2D eigenvalue weighted by molar-refractivity contribution is -0.137. The highest BCUT2D eigenvalue weighted by Gasteiger charge is 2.31. The van der Waals surface area contributed by atoms with Crippen LogP contribution < -0.4 is 0 Å². The molecule has 1 amide bonds. The summed E-state index contributed by atoms with van der Waals surface area (Å²) in [5.74, 6) is -0.332. The number of rotatable bonds is 4. The molecule has 2 heterocycles. The minimum Gasteiger partial charge on any atom is -0.337 e. The maximum absolute atomic E-state index is 12.6. The predicted octanol–water partition coefficient (Wildman–Crippen LogP) is 3.97. The van der Waals surface area contributed by atoms with Gasteiger partial charge < -0.3 is 4.90 Å². The third-order valence-corrected chi connectivity index (χ3v) is 7.95. The van der Waals surface area contributed by atoms with Crippen LogP contribution in [0.2, 0.25) is 4.34 Å². The Bertz CT molecular complexity index is 1010. The van der Waals surface area contributed by atoms with Gasteiger partial charge in [0.25, 0.3) is 10.0 Å². The first kappa shape index (κ1) is 21.8. The molecular weight excluding hydrogens is 449 g/mol. The zero-order valence-corrected chi connectivity index (χ0v) is 17.3. The Hall–Kier alpha value is -1.88. The molecule has 0 unspecified atom stereocenters. The number of benzene rings is 1. The van der Waals surface area contributed by atoms with Crippen molar-refractivity contribution in [2.24, 2.45) is 0 Å². The molecule has 0 radical (unpaired) electrons. The van der Waals surface area contributed by atoms with Gasteiger partial charge in [0.2, 0.25) is 5.91 Å². The Morgan fingerprint density at radius 1 is 1.03 bits per heavy atom. The van der Waals surface area contributed by atoms with Crippen molar-refractivity contribution >= 4 is 44.9 Å². The number of amides is 1. The summed E-state index contributed by atoms with van der Waals surface area (Å²) in [6, 6.07) is 7.43. The number of hydrogen-bond acceptors (Lipinski definition) is 4. The molecule has 1 fully saturated rings. The molecule has 0 bridgehead atoms. The van der Waals surface area contributed by atoms with Crippen LogP contribution in [0.3, 0.4) is 0 Å². The zero-order valence-electron chi connectivity index (χ0n) is 14.9. The van der Waals surface area contributed by atoms with Crippen LogP contribution in [0.15, 0.2) is 46.7 Å². The summed E-state index contributed by atoms with van der Waals surface area (Å²) >= 11 is 6.78. The van der Waals surface area contributed by atoms with E-state index in [1.807, 2.05) is 0 Å². The van der Waals surface area contributed by atoms with Crippen molar-refractivity contribution in [1.82, 2.24) is 9.21 Å². The molecule has 29 heavy (non-hydrogen) atoms. The number of hydrogen-bond donors (Lipinski definition) is 0. The van der Waals surface area contributed by atoms with E-state index in [1.54, 1.807) is 0 Å². The van der Waals surface area contributed by atoms with Crippen molar-refractivity contribution in [3.8, 4) is 0 Å². The second-order valence-corrected chi connectivity index (χ2v) is 10.1. The van der Waals surface area contributed by atoms with E-state index in [9.17, 15) is 26.4 Å². The molecule has 0 spiro atoms. The number of thiophene rings is 1. The summed E-state index contributed by atoms with van der Waals surface area (Å²) in [4.78, 5) is 13.8. The molecule has 1 aromatic carbocycles. The molecule has 0 atom stereocenters. The standard InChI is InChI=1S/C18H16ClF3N2O3S2/c19-15-6-8-17(28-15)29(26,27)24-11-9-23(10-12-24)16(25)7-3-13-1-4-14(5-2-13)18(20,21)22/h1-8H,9-12H2/b7-3+. The van der Waals surface area contributed by atoms with E-state index in [0.29, 0.717) is 9.90 Å². The van der Waals surface area contributed by atoms with Gasteiger partial charge in [-0.2, -0.15) is 17.5 Å². The number of alkyl halides is 3. The molecule has 1 saturated heterocycles. The Labute approximate surface area is 175 Å². The van der Waals surface area contributed by atoms with Crippen molar-refractivity contribution in [2.45, 2.75) is 10.4 Å². The molecule has 5 nitrogen and oxygen atoms in total. The molecule has 0 saturated carbocycles. The van der Waals surface area contributed by atoms with Crippen LogP contribution in [-0.2, 0) is 21.0 Å². The van der Waals surface area contributed by atoms with E-state index >= 15 is 0 Å². The van der Waals surface area contributed by atoms with Crippen molar-refractivity contribution in [2.75, 3.05) is 26.2 Å². The van der Waals surface area contributed by atoms with Gasteiger partial charge in [-0.25, -0.2) is 8.42 Å². The fourth-order valence-electron chi connectivity index (χ4n) is 2.77. The van der Waals surface area contributed by atoms with Crippen LogP contribution in [0.25, 0.3) is 6.08 Å². The normalized spacial score (nSPS) is 16.5. The number of nitrogens with zero attached hydrogens (tertiary/aromatic N) is 2. The number of carbonyl (C=O) groups excluding carboxylic acids is 1. The molecule has 0 aliphatic carbocycles. The predicted molar refractivity (Wildman–Crippen MR) is 105 cm³/mol. The molecule has 2 aromatic rings. The highest BCUT2D eigenvalue weighted by Crippen LogP contribution is 2.30. The number of piperazine rings is 1. The van der Waals surface area contributed by atoms with Crippen molar-refractivity contribution in [3.05, 3.63) is 57.9 Å². The van der Waals surface area contributed by atoms with Gasteiger partial charge in [0.15, 0.2) is 0 Å². The number of halogens is 4. The Morgan fingerprint density at radius 2 is 1.66 bits per heavy atom. The first-order valence-corrected chi connectivity index (χ1v) is 11.1. The third kappa shape index (κ3) is 5.19. The first-order chi connectivity index (χ1) is 13.6. The molecule has 1 aromatic heterocycles. The van der Waals surface area contributed by atoms with Crippen LogP contribution in [0.1, 0.15) is 11.1 Å². The SMILES string of the molecule is O=C(/C=C/c1ccc(C(F)(F)F)cc1)N1CCN(S(=O)(=O)c2ccc(Cl)s2)CC1. The average molecular weight is 465 g/mol. The van der Waals surface area contributed by atoms with E-state index in [0.717, 1.165) is 23.5 Å². The lowest BCUT2D eigenvalue weighted by Crippen LogP contribution is -2.50. The van der Waals surface area contributed by atoms with Crippen LogP contribution in [0, 0.1) is 0 Å². The summed E-state index contributed by atoms with van der Waals surface area (Å²) in [5, 5.41) is 0. The highest BCUT2D eigenvalue weighted by atomic mass is 35.5. The quantitative estimate of drug-likeness (QED) is 0.643. The molecule has 0 N–H and O–H groups in total. The largest absolute Gasteiger partial charge is 0.416 e. The van der Waals surface area contributed by atoms with Crippen LogP contribution in [0.5, 0.6) is 0 Å². The lowest BCUT2D eigenvalue weighted by atomic mass is 10.1. The monoisotopic (exact) mass is 464 g/mol. The van der Waals surface area contributed by atoms with Gasteiger partial charge in [-0.15, -0.1) is 11.3 Å². The summed E-state index contributed by atoms with van der Waals surface area (Å²) in [5.41, 5.74) is -0.299. The topological polar surface area (TPSA) is 57.7 Å². The molecule has 11 heteroatoms. The summed E-state index contributed by atoms with van der Waals surface area (Å²) < 4.78 is 64.7. The first-order valence-electron chi connectivity index (χ1n) is 8.47. The second-order valence-electron chi connectivity index (χ2n) is 6.24. The van der Waals surface area contributed by atoms with Crippen LogP contribution in [0.4, 0.5) is 13.2 Å². The van der Waals surface area contributed by atoms with E-state index in [-0.39, 0.29) is 36.3 Å². The van der Waals surface area contributed by atoms with Crippen LogP contribution >= 0.6 is 22.9 Å². The van der Waals surface area contributed by atoms with E-state index in [2.05, 4.69) is 0 Å². The number of sulfonamides is 1. The fraction of sp³-hybridized carbons (Fsp3) is 0.278. The molecular formula is C18H16ClF3N2O3S2. The lowest BCUT2D eigenvalue weighted by Gasteiger charge is -2.33. The van der Waals surface area contributed by atoms with E-state index < -0.39 is 21.8 Å². The highest BCUT2D eigenvalue weighted by molar-refractivity contribution is 7.91. The number of carbonyl (C=O) groups is 1. The average Bonchev–Trinajstić information content (AvgIpc) is 3.13. The molecule has 156 valence electrons. The van der Waals surface area contributed by atoms with Gasteiger partial charge >= 0.3 is 6.18 Å². The Kier molecular flexibility index (Phi) is 6.37. The fourth-order valence-corrected chi connectivity index (χ4v) is 5.83. The van der Waals surface area contributed by atoms with Crippen LogP contribution in [-0.4, -0.2) is 49.7 Å². The summed E-state index contributed by atoms with van der Waals surface area (Å²) in [7, 11) is -3.64. The van der Waals surface area contributed by atoms with Gasteiger partial charge in [-0.3, -0.25) is 4.79 Å². The van der Waals surface area contributed by atoms with Gasteiger partial charge in [0, 0.05) is 32.3 Å². The Balaban J connectivity index is 1.58. The molecule has 1 aliphatic rings. The van der Waals surface area contributed by atoms with E-state index in [1.165, 1.54) is 45.6 Å². The minimum absolute atomic E-state index is 0.151. The van der Waals surface area contributed by atoms with Crippen molar-refractivity contribution < 1.29 is 26.4 Å². The van der Waals surface area contributed by atoms with Crippen molar-refractivity contribution in [3.63, 3.8) is 0 Å². The van der Waals surface area contributed by atoms with Gasteiger partial charge in [0.05, 0.1) is 9.90 Å². The van der Waals surface area contributed by atoms with Gasteiger partial charge in [0.1, 0.15) is 4.21 Å². The molecule has 3 rings (SSSR count). The van der Waals surface area contributed by atoms with Gasteiger partial charge in [-0.1, -0.05) is 23.7 Å². The maximum Gasteiger partial charge on any atom is 0.416 e. The zero-order chi connectivity index (χ0) is 21.2. The van der Waals surface area contributed by atoms with Crippen molar-refractivity contribution in [1.29, 1.82) is 0 Å².